The number of nitrogens with zero attached hydrogens (tertiary/aromatic N) is 1. The third-order valence-corrected chi connectivity index (χ3v) is 6.23. The molecule has 0 aromatic heterocycles. The van der Waals surface area contributed by atoms with Gasteiger partial charge in [0.2, 0.25) is 0 Å². The Morgan fingerprint density at radius 3 is 2.69 bits per heavy atom. The lowest BCUT2D eigenvalue weighted by Crippen LogP contribution is -2.37. The van der Waals surface area contributed by atoms with Crippen LogP contribution in [0, 0.1) is 5.92 Å². The Labute approximate surface area is 191 Å². The SMILES string of the molecule is COc1cc([C@@H]2C3=C(CCCC3=O)N=C(C)C2C(=O)OCc2ccccc2)cc(Cl)c1O. The molecule has 6 nitrogen and oxygen atoms in total. The molecule has 4 rings (SSSR count). The van der Waals surface area contributed by atoms with Gasteiger partial charge in [-0.25, -0.2) is 0 Å². The quantitative estimate of drug-likeness (QED) is 0.645. The minimum atomic E-state index is -0.787. The molecule has 0 spiro atoms. The van der Waals surface area contributed by atoms with Gasteiger partial charge in [-0.05, 0) is 43.0 Å². The number of aromatic hydroxyl groups is 1. The number of rotatable bonds is 5. The molecule has 1 heterocycles. The number of methoxy groups -OCH3 is 1. The Kier molecular flexibility index (Phi) is 6.33. The smallest absolute Gasteiger partial charge is 0.315 e. The molecule has 0 amide bonds. The maximum absolute atomic E-state index is 13.3. The summed E-state index contributed by atoms with van der Waals surface area (Å²) in [7, 11) is 1.42. The Bertz CT molecular complexity index is 1120. The Balaban J connectivity index is 1.76. The van der Waals surface area contributed by atoms with Crippen LogP contribution in [0.5, 0.6) is 11.5 Å². The van der Waals surface area contributed by atoms with E-state index in [9.17, 15) is 14.7 Å². The van der Waals surface area contributed by atoms with Crippen molar-refractivity contribution in [1.82, 2.24) is 0 Å². The van der Waals surface area contributed by atoms with Crippen LogP contribution in [-0.4, -0.2) is 29.7 Å². The van der Waals surface area contributed by atoms with Crippen LogP contribution < -0.4 is 4.74 Å². The molecule has 0 bridgehead atoms. The molecule has 1 unspecified atom stereocenters. The van der Waals surface area contributed by atoms with Crippen molar-refractivity contribution in [3.05, 3.63) is 69.9 Å². The van der Waals surface area contributed by atoms with Crippen LogP contribution in [0.15, 0.2) is 58.7 Å². The standard InChI is InChI=1S/C25H24ClNO5/c1-14-21(25(30)32-13-15-7-4-3-5-8-15)22(23-18(27-14)9-6-10-19(23)28)16-11-17(26)24(29)20(12-16)31-2/h3-5,7-8,11-12,21-22,29H,6,9-10,13H2,1-2H3/t21?,22-/m0/s1. The van der Waals surface area contributed by atoms with E-state index in [1.165, 1.54) is 7.11 Å². The van der Waals surface area contributed by atoms with Gasteiger partial charge in [-0.1, -0.05) is 41.9 Å². The molecule has 2 atom stereocenters. The van der Waals surface area contributed by atoms with Crippen molar-refractivity contribution in [2.24, 2.45) is 10.9 Å². The maximum Gasteiger partial charge on any atom is 0.315 e. The second-order valence-electron chi connectivity index (χ2n) is 7.99. The van der Waals surface area contributed by atoms with Gasteiger partial charge >= 0.3 is 5.97 Å². The highest BCUT2D eigenvalue weighted by Gasteiger charge is 2.43. The number of ketones is 1. The van der Waals surface area contributed by atoms with E-state index >= 15 is 0 Å². The number of esters is 1. The average molecular weight is 454 g/mol. The van der Waals surface area contributed by atoms with Crippen LogP contribution in [0.1, 0.15) is 43.2 Å². The predicted octanol–water partition coefficient (Wildman–Crippen LogP) is 4.98. The summed E-state index contributed by atoms with van der Waals surface area (Å²) in [6, 6.07) is 12.6. The molecule has 1 aliphatic carbocycles. The third kappa shape index (κ3) is 4.15. The van der Waals surface area contributed by atoms with E-state index in [4.69, 9.17) is 21.1 Å². The van der Waals surface area contributed by atoms with E-state index in [0.717, 1.165) is 12.0 Å². The molecule has 166 valence electrons. The Morgan fingerprint density at radius 1 is 1.22 bits per heavy atom. The van der Waals surface area contributed by atoms with Crippen LogP contribution in [0.25, 0.3) is 0 Å². The zero-order valence-electron chi connectivity index (χ0n) is 17.9. The number of Topliss-reactive ketones (excluding diaryl/α,β-unsaturated/α-hetero) is 1. The van der Waals surface area contributed by atoms with E-state index in [0.29, 0.717) is 35.4 Å². The number of phenols is 1. The van der Waals surface area contributed by atoms with Gasteiger partial charge in [0, 0.05) is 29.3 Å². The molecule has 2 aromatic carbocycles. The van der Waals surface area contributed by atoms with Crippen LogP contribution in [0.2, 0.25) is 5.02 Å². The fraction of sp³-hybridized carbons (Fsp3) is 0.320. The van der Waals surface area contributed by atoms with Crippen molar-refractivity contribution in [1.29, 1.82) is 0 Å². The first kappa shape index (κ1) is 22.1. The number of aliphatic imine (C=N–C) groups is 1. The minimum Gasteiger partial charge on any atom is -0.503 e. The summed E-state index contributed by atoms with van der Waals surface area (Å²) < 4.78 is 10.9. The van der Waals surface area contributed by atoms with Gasteiger partial charge in [-0.2, -0.15) is 0 Å². The predicted molar refractivity (Wildman–Crippen MR) is 121 cm³/mol. The fourth-order valence-corrected chi connectivity index (χ4v) is 4.64. The molecule has 0 saturated carbocycles. The molecular weight excluding hydrogens is 430 g/mol. The van der Waals surface area contributed by atoms with E-state index in [-0.39, 0.29) is 28.9 Å². The monoisotopic (exact) mass is 453 g/mol. The Hall–Kier alpha value is -3.12. The summed E-state index contributed by atoms with van der Waals surface area (Å²) in [4.78, 5) is 30.9. The lowest BCUT2D eigenvalue weighted by Gasteiger charge is -2.34. The van der Waals surface area contributed by atoms with Gasteiger partial charge in [-0.3, -0.25) is 14.6 Å². The molecule has 7 heteroatoms. The highest BCUT2D eigenvalue weighted by Crippen LogP contribution is 2.46. The van der Waals surface area contributed by atoms with Crippen LogP contribution in [-0.2, 0) is 20.9 Å². The topological polar surface area (TPSA) is 85.2 Å². The number of carbonyl (C=O) groups excluding carboxylic acids is 2. The summed E-state index contributed by atoms with van der Waals surface area (Å²) in [5, 5.41) is 10.3. The maximum atomic E-state index is 13.3. The van der Waals surface area contributed by atoms with Gasteiger partial charge < -0.3 is 14.6 Å². The number of carbonyl (C=O) groups is 2. The number of halogens is 1. The molecule has 2 aliphatic rings. The molecule has 0 fully saturated rings. The lowest BCUT2D eigenvalue weighted by molar-refractivity contribution is -0.148. The highest BCUT2D eigenvalue weighted by molar-refractivity contribution is 6.32. The van der Waals surface area contributed by atoms with E-state index in [1.807, 2.05) is 30.3 Å². The first-order chi connectivity index (χ1) is 15.4. The molecule has 0 radical (unpaired) electrons. The summed E-state index contributed by atoms with van der Waals surface area (Å²) in [5.74, 6) is -1.92. The number of benzene rings is 2. The van der Waals surface area contributed by atoms with Crippen molar-refractivity contribution < 1.29 is 24.2 Å². The molecule has 1 aliphatic heterocycles. The first-order valence-corrected chi connectivity index (χ1v) is 10.9. The second-order valence-corrected chi connectivity index (χ2v) is 8.40. The number of allylic oxidation sites excluding steroid dienone is 2. The van der Waals surface area contributed by atoms with Gasteiger partial charge in [0.15, 0.2) is 17.3 Å². The number of ether oxygens (including phenoxy) is 2. The third-order valence-electron chi connectivity index (χ3n) is 5.94. The van der Waals surface area contributed by atoms with Crippen molar-refractivity contribution in [3.8, 4) is 11.5 Å². The zero-order valence-corrected chi connectivity index (χ0v) is 18.7. The summed E-state index contributed by atoms with van der Waals surface area (Å²) >= 11 is 6.26. The van der Waals surface area contributed by atoms with Crippen molar-refractivity contribution >= 4 is 29.1 Å². The van der Waals surface area contributed by atoms with E-state index in [1.54, 1.807) is 19.1 Å². The zero-order chi connectivity index (χ0) is 22.8. The first-order valence-electron chi connectivity index (χ1n) is 10.5. The largest absolute Gasteiger partial charge is 0.503 e. The minimum absolute atomic E-state index is 0.0310. The van der Waals surface area contributed by atoms with Gasteiger partial charge in [0.05, 0.1) is 12.1 Å². The van der Waals surface area contributed by atoms with Gasteiger partial charge in [0.25, 0.3) is 0 Å². The van der Waals surface area contributed by atoms with Crippen molar-refractivity contribution in [3.63, 3.8) is 0 Å². The second kappa shape index (κ2) is 9.17. The summed E-state index contributed by atoms with van der Waals surface area (Å²) in [6.07, 6.45) is 1.80. The van der Waals surface area contributed by atoms with Crippen molar-refractivity contribution in [2.45, 2.75) is 38.7 Å². The van der Waals surface area contributed by atoms with Crippen LogP contribution >= 0.6 is 11.6 Å². The van der Waals surface area contributed by atoms with E-state index in [2.05, 4.69) is 4.99 Å². The lowest BCUT2D eigenvalue weighted by atomic mass is 9.71. The van der Waals surface area contributed by atoms with E-state index < -0.39 is 17.8 Å². The molecule has 1 N–H and O–H groups in total. The number of hydrogen-bond acceptors (Lipinski definition) is 6. The number of phenolic OH excluding ortho intramolecular Hbond substituents is 1. The average Bonchev–Trinajstić information content (AvgIpc) is 2.79. The normalized spacial score (nSPS) is 20.5. The molecule has 0 saturated heterocycles. The number of hydrogen-bond donors (Lipinski definition) is 1. The summed E-state index contributed by atoms with van der Waals surface area (Å²) in [6.45, 7) is 1.90. The molecule has 32 heavy (non-hydrogen) atoms. The van der Waals surface area contributed by atoms with Gasteiger partial charge in [-0.15, -0.1) is 0 Å². The van der Waals surface area contributed by atoms with Crippen LogP contribution in [0.3, 0.4) is 0 Å². The Morgan fingerprint density at radius 2 is 1.97 bits per heavy atom. The van der Waals surface area contributed by atoms with Crippen molar-refractivity contribution in [2.75, 3.05) is 7.11 Å². The molecule has 2 aromatic rings. The van der Waals surface area contributed by atoms with Crippen LogP contribution in [0.4, 0.5) is 0 Å². The highest BCUT2D eigenvalue weighted by atomic mass is 35.5. The fourth-order valence-electron chi connectivity index (χ4n) is 4.42. The molecular formula is C25H24ClNO5. The summed E-state index contributed by atoms with van der Waals surface area (Å²) in [5.41, 5.74) is 3.28. The van der Waals surface area contributed by atoms with Gasteiger partial charge in [0.1, 0.15) is 12.5 Å².